The highest BCUT2D eigenvalue weighted by Gasteiger charge is 2.42. The summed E-state index contributed by atoms with van der Waals surface area (Å²) in [6.45, 7) is 3.77. The van der Waals surface area contributed by atoms with Gasteiger partial charge in [0.05, 0.1) is 28.5 Å². The van der Waals surface area contributed by atoms with Crippen molar-refractivity contribution < 1.29 is 30.8 Å². The summed E-state index contributed by atoms with van der Waals surface area (Å²) in [4.78, 5) is 26.3. The molecule has 2 aliphatic heterocycles. The molecule has 2 aliphatic rings. The van der Waals surface area contributed by atoms with Crippen LogP contribution >= 0.6 is 0 Å². The number of carbonyl (C=O) groups is 2. The standard InChI is InChI=1S/C20H23N3O7S2/c1-14-12-16(23-19(24)15(2)13-31(23,26)27)5-6-18(14)32(28,29)22-9-7-21(8-10-22)20(25)17-4-3-11-30-17/h3-6,11-12,15H,7-10,13H2,1-2H3/t15-/m1/s1. The summed E-state index contributed by atoms with van der Waals surface area (Å²) in [5.41, 5.74) is 0.462. The Kier molecular flexibility index (Phi) is 5.63. The number of sulfonamides is 2. The lowest BCUT2D eigenvalue weighted by Gasteiger charge is -2.33. The molecule has 0 spiro atoms. The van der Waals surface area contributed by atoms with Crippen molar-refractivity contribution in [2.45, 2.75) is 18.7 Å². The van der Waals surface area contributed by atoms with Crippen LogP contribution in [-0.2, 0) is 24.8 Å². The molecule has 1 aromatic heterocycles. The fraction of sp³-hybridized carbons (Fsp3) is 0.400. The lowest BCUT2D eigenvalue weighted by molar-refractivity contribution is -0.119. The van der Waals surface area contributed by atoms with Crippen LogP contribution < -0.4 is 4.31 Å². The summed E-state index contributed by atoms with van der Waals surface area (Å²) in [7, 11) is -7.65. The first-order chi connectivity index (χ1) is 15.0. The van der Waals surface area contributed by atoms with Gasteiger partial charge in [0.2, 0.25) is 26.0 Å². The maximum atomic E-state index is 13.2. The van der Waals surface area contributed by atoms with E-state index in [0.717, 1.165) is 4.31 Å². The molecule has 4 rings (SSSR count). The summed E-state index contributed by atoms with van der Waals surface area (Å²) < 4.78 is 58.2. The van der Waals surface area contributed by atoms with Crippen LogP contribution in [0, 0.1) is 12.8 Å². The largest absolute Gasteiger partial charge is 0.459 e. The third-order valence-electron chi connectivity index (χ3n) is 5.63. The summed E-state index contributed by atoms with van der Waals surface area (Å²) in [5, 5.41) is 0. The molecule has 1 atom stereocenters. The minimum atomic E-state index is -3.87. The number of nitrogens with zero attached hydrogens (tertiary/aromatic N) is 3. The van der Waals surface area contributed by atoms with Crippen molar-refractivity contribution in [3.63, 3.8) is 0 Å². The summed E-state index contributed by atoms with van der Waals surface area (Å²) in [6.07, 6.45) is 1.40. The normalized spacial score (nSPS) is 21.8. The van der Waals surface area contributed by atoms with Gasteiger partial charge in [-0.1, -0.05) is 6.92 Å². The number of piperazine rings is 1. The van der Waals surface area contributed by atoms with E-state index < -0.39 is 31.9 Å². The van der Waals surface area contributed by atoms with E-state index in [9.17, 15) is 26.4 Å². The zero-order valence-electron chi connectivity index (χ0n) is 17.6. The smallest absolute Gasteiger partial charge is 0.289 e. The summed E-state index contributed by atoms with van der Waals surface area (Å²) in [5.74, 6) is -1.54. The molecule has 3 heterocycles. The molecule has 2 aromatic rings. The second-order valence-corrected chi connectivity index (χ2v) is 11.7. The molecule has 2 amide bonds. The van der Waals surface area contributed by atoms with Crippen molar-refractivity contribution >= 4 is 37.5 Å². The van der Waals surface area contributed by atoms with Gasteiger partial charge in [0, 0.05) is 26.2 Å². The third kappa shape index (κ3) is 3.82. The highest BCUT2D eigenvalue weighted by Crippen LogP contribution is 2.31. The number of carbonyl (C=O) groups excluding carboxylic acids is 2. The molecule has 10 nitrogen and oxygen atoms in total. The predicted molar refractivity (Wildman–Crippen MR) is 115 cm³/mol. The molecule has 32 heavy (non-hydrogen) atoms. The molecule has 12 heteroatoms. The Morgan fingerprint density at radius 1 is 1.12 bits per heavy atom. The van der Waals surface area contributed by atoms with Gasteiger partial charge in [-0.2, -0.15) is 4.31 Å². The SMILES string of the molecule is Cc1cc(N2C(=O)[C@H](C)CS2(=O)=O)ccc1S(=O)(=O)N1CCN(C(=O)c2ccco2)CC1. The maximum Gasteiger partial charge on any atom is 0.289 e. The minimum absolute atomic E-state index is 0.0316. The van der Waals surface area contributed by atoms with Gasteiger partial charge in [-0.25, -0.2) is 21.1 Å². The molecule has 0 radical (unpaired) electrons. The van der Waals surface area contributed by atoms with Crippen molar-refractivity contribution in [2.75, 3.05) is 36.2 Å². The number of hydrogen-bond acceptors (Lipinski definition) is 7. The van der Waals surface area contributed by atoms with E-state index in [4.69, 9.17) is 4.42 Å². The van der Waals surface area contributed by atoms with Crippen LogP contribution in [0.25, 0.3) is 0 Å². The van der Waals surface area contributed by atoms with Crippen LogP contribution in [0.2, 0.25) is 0 Å². The second kappa shape index (κ2) is 8.01. The lowest BCUT2D eigenvalue weighted by atomic mass is 10.2. The summed E-state index contributed by atoms with van der Waals surface area (Å²) in [6, 6.07) is 7.23. The topological polar surface area (TPSA) is 125 Å². The molecule has 0 unspecified atom stereocenters. The number of furan rings is 1. The van der Waals surface area contributed by atoms with Crippen LogP contribution in [-0.4, -0.2) is 69.8 Å². The fourth-order valence-electron chi connectivity index (χ4n) is 3.96. The molecule has 2 saturated heterocycles. The van der Waals surface area contributed by atoms with Gasteiger partial charge < -0.3 is 9.32 Å². The molecule has 0 saturated carbocycles. The first kappa shape index (κ1) is 22.5. The van der Waals surface area contributed by atoms with E-state index in [1.165, 1.54) is 33.7 Å². The Morgan fingerprint density at radius 2 is 1.81 bits per heavy atom. The van der Waals surface area contributed by atoms with Gasteiger partial charge in [-0.3, -0.25) is 9.59 Å². The molecule has 0 bridgehead atoms. The van der Waals surface area contributed by atoms with Crippen LogP contribution in [0.15, 0.2) is 45.9 Å². The van der Waals surface area contributed by atoms with Gasteiger partial charge in [0.25, 0.3) is 5.91 Å². The molecule has 0 aliphatic carbocycles. The number of benzene rings is 1. The molecular weight excluding hydrogens is 458 g/mol. The minimum Gasteiger partial charge on any atom is -0.459 e. The van der Waals surface area contributed by atoms with Crippen LogP contribution in [0.1, 0.15) is 23.0 Å². The van der Waals surface area contributed by atoms with Crippen molar-refractivity contribution in [2.24, 2.45) is 5.92 Å². The number of aryl methyl sites for hydroxylation is 1. The quantitative estimate of drug-likeness (QED) is 0.639. The van der Waals surface area contributed by atoms with Gasteiger partial charge >= 0.3 is 0 Å². The van der Waals surface area contributed by atoms with E-state index in [1.807, 2.05) is 0 Å². The molecule has 0 N–H and O–H groups in total. The van der Waals surface area contributed by atoms with Crippen molar-refractivity contribution in [1.82, 2.24) is 9.21 Å². The summed E-state index contributed by atoms with van der Waals surface area (Å²) >= 11 is 0. The van der Waals surface area contributed by atoms with Gasteiger partial charge in [0.15, 0.2) is 5.76 Å². The first-order valence-corrected chi connectivity index (χ1v) is 13.1. The van der Waals surface area contributed by atoms with Gasteiger partial charge in [-0.15, -0.1) is 0 Å². The molecular formula is C20H23N3O7S2. The highest BCUT2D eigenvalue weighted by atomic mass is 32.2. The second-order valence-electron chi connectivity index (χ2n) is 7.91. The number of anilines is 1. The van der Waals surface area contributed by atoms with Gasteiger partial charge in [-0.05, 0) is 42.8 Å². The molecule has 2 fully saturated rings. The van der Waals surface area contributed by atoms with Crippen LogP contribution in [0.3, 0.4) is 0 Å². The highest BCUT2D eigenvalue weighted by molar-refractivity contribution is 7.94. The van der Waals surface area contributed by atoms with E-state index in [2.05, 4.69) is 0 Å². The predicted octanol–water partition coefficient (Wildman–Crippen LogP) is 1.05. The van der Waals surface area contributed by atoms with E-state index in [-0.39, 0.29) is 54.2 Å². The van der Waals surface area contributed by atoms with E-state index in [0.29, 0.717) is 5.56 Å². The Labute approximate surface area is 186 Å². The van der Waals surface area contributed by atoms with Crippen molar-refractivity contribution in [3.05, 3.63) is 47.9 Å². The Bertz CT molecular complexity index is 1260. The molecule has 172 valence electrons. The maximum absolute atomic E-state index is 13.2. The van der Waals surface area contributed by atoms with E-state index >= 15 is 0 Å². The van der Waals surface area contributed by atoms with Gasteiger partial charge in [0.1, 0.15) is 0 Å². The Hall–Kier alpha value is -2.70. The zero-order chi connectivity index (χ0) is 23.3. The van der Waals surface area contributed by atoms with Crippen LogP contribution in [0.4, 0.5) is 5.69 Å². The monoisotopic (exact) mass is 481 g/mol. The fourth-order valence-corrected chi connectivity index (χ4v) is 7.40. The number of hydrogen-bond donors (Lipinski definition) is 0. The van der Waals surface area contributed by atoms with E-state index in [1.54, 1.807) is 26.0 Å². The molecule has 1 aromatic carbocycles. The average Bonchev–Trinajstić information content (AvgIpc) is 3.33. The van der Waals surface area contributed by atoms with Crippen molar-refractivity contribution in [1.29, 1.82) is 0 Å². The Balaban J connectivity index is 1.53. The third-order valence-corrected chi connectivity index (χ3v) is 9.56. The first-order valence-electron chi connectivity index (χ1n) is 10.0. The number of rotatable bonds is 4. The lowest BCUT2D eigenvalue weighted by Crippen LogP contribution is -2.50. The average molecular weight is 482 g/mol. The van der Waals surface area contributed by atoms with Crippen molar-refractivity contribution in [3.8, 4) is 0 Å². The van der Waals surface area contributed by atoms with Crippen LogP contribution in [0.5, 0.6) is 0 Å². The zero-order valence-corrected chi connectivity index (χ0v) is 19.2. The number of amides is 2. The Morgan fingerprint density at radius 3 is 2.34 bits per heavy atom.